The molecule has 9 nitrogen and oxygen atoms in total. The molecular formula is C19H24F2N4O5. The van der Waals surface area contributed by atoms with Crippen molar-refractivity contribution < 1.29 is 32.6 Å². The number of carbonyl (C=O) groups is 3. The summed E-state index contributed by atoms with van der Waals surface area (Å²) in [5, 5.41) is 2.52. The van der Waals surface area contributed by atoms with Gasteiger partial charge in [0.1, 0.15) is 6.61 Å². The van der Waals surface area contributed by atoms with Gasteiger partial charge < -0.3 is 25.4 Å². The Balaban J connectivity index is 1.79. The van der Waals surface area contributed by atoms with E-state index in [1.165, 1.54) is 23.1 Å². The van der Waals surface area contributed by atoms with Crippen molar-refractivity contribution in [1.29, 1.82) is 0 Å². The number of likely N-dealkylation sites (N-methyl/N-ethyl adjacent to an activating group) is 1. The van der Waals surface area contributed by atoms with E-state index in [1.807, 2.05) is 0 Å². The molecule has 1 saturated heterocycles. The van der Waals surface area contributed by atoms with E-state index in [4.69, 9.17) is 10.5 Å². The molecule has 0 unspecified atom stereocenters. The smallest absolute Gasteiger partial charge is 0.387 e. The topological polar surface area (TPSA) is 114 Å². The first-order chi connectivity index (χ1) is 14.3. The van der Waals surface area contributed by atoms with E-state index >= 15 is 0 Å². The van der Waals surface area contributed by atoms with E-state index in [0.29, 0.717) is 12.5 Å². The fraction of sp³-hybridized carbons (Fsp3) is 0.526. The third kappa shape index (κ3) is 5.42. The highest BCUT2D eigenvalue weighted by Crippen LogP contribution is 2.34. The van der Waals surface area contributed by atoms with Crippen LogP contribution in [0.4, 0.5) is 20.2 Å². The first kappa shape index (κ1) is 21.9. The Hall–Kier alpha value is -2.79. The average Bonchev–Trinajstić information content (AvgIpc) is 3.46. The van der Waals surface area contributed by atoms with E-state index in [9.17, 15) is 23.2 Å². The van der Waals surface area contributed by atoms with Crippen molar-refractivity contribution in [2.75, 3.05) is 43.6 Å². The van der Waals surface area contributed by atoms with Crippen LogP contribution in [0.3, 0.4) is 0 Å². The van der Waals surface area contributed by atoms with E-state index < -0.39 is 30.4 Å². The van der Waals surface area contributed by atoms with Crippen LogP contribution in [-0.4, -0.2) is 68.6 Å². The number of nitrogens with zero attached hydrogens (tertiary/aromatic N) is 2. The Morgan fingerprint density at radius 3 is 2.73 bits per heavy atom. The fourth-order valence-electron chi connectivity index (χ4n) is 3.35. The van der Waals surface area contributed by atoms with E-state index in [2.05, 4.69) is 10.1 Å². The summed E-state index contributed by atoms with van der Waals surface area (Å²) in [6, 6.07) is 2.81. The number of nitrogens with one attached hydrogen (secondary N) is 1. The lowest BCUT2D eigenvalue weighted by Crippen LogP contribution is -2.51. The van der Waals surface area contributed by atoms with Crippen LogP contribution in [-0.2, 0) is 19.1 Å². The normalized spacial score (nSPS) is 17.9. The van der Waals surface area contributed by atoms with Gasteiger partial charge in [-0.25, -0.2) is 0 Å². The maximum atomic E-state index is 12.9. The zero-order chi connectivity index (χ0) is 21.8. The molecule has 1 aliphatic heterocycles. The number of alkyl halides is 2. The van der Waals surface area contributed by atoms with Gasteiger partial charge in [0.15, 0.2) is 11.8 Å². The van der Waals surface area contributed by atoms with Crippen molar-refractivity contribution >= 4 is 29.1 Å². The van der Waals surface area contributed by atoms with Gasteiger partial charge in [0.05, 0.1) is 12.3 Å². The minimum absolute atomic E-state index is 0.131. The summed E-state index contributed by atoms with van der Waals surface area (Å²) in [5.41, 5.74) is 5.67. The molecule has 3 amide bonds. The number of carbonyl (C=O) groups excluding carboxylic acids is 3. The number of hydrogen-bond donors (Lipinski definition) is 2. The lowest BCUT2D eigenvalue weighted by atomic mass is 10.2. The number of amides is 3. The fourth-order valence-corrected chi connectivity index (χ4v) is 3.35. The predicted octanol–water partition coefficient (Wildman–Crippen LogP) is 0.785. The van der Waals surface area contributed by atoms with Gasteiger partial charge in [-0.3, -0.25) is 19.3 Å². The van der Waals surface area contributed by atoms with Gasteiger partial charge in [-0.1, -0.05) is 0 Å². The number of halogens is 2. The largest absolute Gasteiger partial charge is 0.433 e. The summed E-state index contributed by atoms with van der Waals surface area (Å²) >= 11 is 0. The minimum Gasteiger partial charge on any atom is -0.433 e. The second-order valence-corrected chi connectivity index (χ2v) is 7.34. The number of benzene rings is 1. The molecule has 1 aliphatic carbocycles. The molecule has 1 saturated carbocycles. The van der Waals surface area contributed by atoms with E-state index in [0.717, 1.165) is 12.8 Å². The van der Waals surface area contributed by atoms with E-state index in [1.54, 1.807) is 11.9 Å². The highest BCUT2D eigenvalue weighted by atomic mass is 19.3. The number of anilines is 2. The summed E-state index contributed by atoms with van der Waals surface area (Å²) < 4.78 is 35.5. The Morgan fingerprint density at radius 2 is 2.13 bits per heavy atom. The molecule has 30 heavy (non-hydrogen) atoms. The van der Waals surface area contributed by atoms with Crippen molar-refractivity contribution in [3.63, 3.8) is 0 Å². The molecule has 1 aromatic carbocycles. The van der Waals surface area contributed by atoms with Crippen LogP contribution in [0.25, 0.3) is 0 Å². The van der Waals surface area contributed by atoms with Crippen molar-refractivity contribution in [1.82, 2.24) is 4.90 Å². The first-order valence-corrected chi connectivity index (χ1v) is 9.53. The van der Waals surface area contributed by atoms with Gasteiger partial charge in [0, 0.05) is 24.8 Å². The van der Waals surface area contributed by atoms with Gasteiger partial charge in [0.25, 0.3) is 11.8 Å². The van der Waals surface area contributed by atoms with Crippen LogP contribution < -0.4 is 20.7 Å². The second kappa shape index (κ2) is 9.35. The van der Waals surface area contributed by atoms with Gasteiger partial charge in [-0.2, -0.15) is 8.78 Å². The van der Waals surface area contributed by atoms with Crippen LogP contribution in [0.5, 0.6) is 5.75 Å². The summed E-state index contributed by atoms with van der Waals surface area (Å²) in [7, 11) is 1.63. The Labute approximate surface area is 172 Å². The Bertz CT molecular complexity index is 818. The molecular weight excluding hydrogens is 402 g/mol. The lowest BCUT2D eigenvalue weighted by Gasteiger charge is -2.29. The number of morpholine rings is 1. The van der Waals surface area contributed by atoms with Crippen molar-refractivity contribution in [2.24, 2.45) is 11.7 Å². The monoisotopic (exact) mass is 426 g/mol. The molecule has 0 spiro atoms. The maximum absolute atomic E-state index is 12.9. The first-order valence-electron chi connectivity index (χ1n) is 9.53. The molecule has 11 heteroatoms. The van der Waals surface area contributed by atoms with Crippen LogP contribution >= 0.6 is 0 Å². The maximum Gasteiger partial charge on any atom is 0.387 e. The van der Waals surface area contributed by atoms with Crippen molar-refractivity contribution in [2.45, 2.75) is 25.5 Å². The molecule has 0 bridgehead atoms. The summed E-state index contributed by atoms with van der Waals surface area (Å²) in [6.45, 7) is -2.31. The summed E-state index contributed by atoms with van der Waals surface area (Å²) in [4.78, 5) is 39.4. The molecule has 0 aromatic heterocycles. The summed E-state index contributed by atoms with van der Waals surface area (Å²) in [5.74, 6) is -1.73. The van der Waals surface area contributed by atoms with E-state index in [-0.39, 0.29) is 36.9 Å². The molecule has 2 fully saturated rings. The zero-order valence-corrected chi connectivity index (χ0v) is 16.5. The van der Waals surface area contributed by atoms with Crippen LogP contribution in [0.1, 0.15) is 12.8 Å². The van der Waals surface area contributed by atoms with Crippen molar-refractivity contribution in [3.05, 3.63) is 18.2 Å². The van der Waals surface area contributed by atoms with Crippen molar-refractivity contribution in [3.8, 4) is 5.75 Å². The van der Waals surface area contributed by atoms with Gasteiger partial charge in [-0.15, -0.1) is 0 Å². The highest BCUT2D eigenvalue weighted by molar-refractivity contribution is 6.09. The molecule has 3 rings (SSSR count). The predicted molar refractivity (Wildman–Crippen MR) is 103 cm³/mol. The van der Waals surface area contributed by atoms with Gasteiger partial charge in [0.2, 0.25) is 5.91 Å². The Kier molecular flexibility index (Phi) is 6.83. The quantitative estimate of drug-likeness (QED) is 0.565. The third-order valence-electron chi connectivity index (χ3n) is 4.92. The molecule has 3 N–H and O–H groups in total. The molecule has 2 aliphatic rings. The van der Waals surface area contributed by atoms with Crippen LogP contribution in [0, 0.1) is 5.92 Å². The molecule has 0 radical (unpaired) electrons. The van der Waals surface area contributed by atoms with Gasteiger partial charge >= 0.3 is 6.61 Å². The number of hydrogen-bond acceptors (Lipinski definition) is 6. The summed E-state index contributed by atoms with van der Waals surface area (Å²) in [6.07, 6.45) is 2.07. The number of ether oxygens (including phenoxy) is 2. The average molecular weight is 426 g/mol. The number of nitrogens with two attached hydrogens (primary N) is 1. The highest BCUT2D eigenvalue weighted by Gasteiger charge is 2.33. The van der Waals surface area contributed by atoms with Crippen LogP contribution in [0.2, 0.25) is 0 Å². The Morgan fingerprint density at radius 1 is 1.40 bits per heavy atom. The SMILES string of the molecule is CN(CC1CC1)[C@H](C(N)=O)C(=O)Nc1ccc(N2CCOCC2=O)c(OC(F)F)c1. The molecule has 1 aromatic rings. The molecule has 1 atom stereocenters. The number of primary amides is 1. The van der Waals surface area contributed by atoms with Gasteiger partial charge in [-0.05, 0) is 37.9 Å². The number of rotatable bonds is 9. The lowest BCUT2D eigenvalue weighted by molar-refractivity contribution is -0.132. The van der Waals surface area contributed by atoms with Crippen LogP contribution in [0.15, 0.2) is 18.2 Å². The molecule has 164 valence electrons. The standard InChI is InChI=1S/C19H24F2N4O5/c1-24(9-11-2-3-11)16(17(22)27)18(28)23-12-4-5-13(14(8-12)30-19(20)21)25-6-7-29-10-15(25)26/h4-5,8,11,16,19H,2-3,6-7,9-10H2,1H3,(H2,22,27)(H,23,28)/t16-/m1/s1. The third-order valence-corrected chi connectivity index (χ3v) is 4.92. The zero-order valence-electron chi connectivity index (χ0n) is 16.5. The second-order valence-electron chi connectivity index (χ2n) is 7.34. The minimum atomic E-state index is -3.13. The molecule has 1 heterocycles.